The Labute approximate surface area is 83.8 Å². The van der Waals surface area contributed by atoms with E-state index in [1.165, 1.54) is 19.3 Å². The van der Waals surface area contributed by atoms with E-state index in [9.17, 15) is 0 Å². The van der Waals surface area contributed by atoms with Gasteiger partial charge >= 0.3 is 0 Å². The molecule has 0 bridgehead atoms. The molecule has 0 radical (unpaired) electrons. The van der Waals surface area contributed by atoms with Crippen molar-refractivity contribution in [2.45, 2.75) is 53.9 Å². The van der Waals surface area contributed by atoms with Gasteiger partial charge in [0.15, 0.2) is 0 Å². The Morgan fingerprint density at radius 2 is 1.50 bits per heavy atom. The minimum Gasteiger partial charge on any atom is -0.107 e. The van der Waals surface area contributed by atoms with E-state index in [0.717, 1.165) is 5.92 Å². The van der Waals surface area contributed by atoms with E-state index in [2.05, 4.69) is 20.8 Å². The molecule has 0 rings (SSSR count). The van der Waals surface area contributed by atoms with Crippen molar-refractivity contribution in [3.8, 4) is 0 Å². The molecule has 0 saturated heterocycles. The summed E-state index contributed by atoms with van der Waals surface area (Å²) in [5.41, 5.74) is 0. The van der Waals surface area contributed by atoms with Crippen LogP contribution >= 0.6 is 24.0 Å². The lowest BCUT2D eigenvalue weighted by Crippen LogP contribution is -1.88. The summed E-state index contributed by atoms with van der Waals surface area (Å²) in [6.07, 6.45) is 4.08. The Bertz CT molecular complexity index is 35.7. The molecule has 0 aliphatic rings. The topological polar surface area (TPSA) is 0 Å². The maximum atomic E-state index is 2.31. The van der Waals surface area contributed by atoms with Crippen LogP contribution in [-0.4, -0.2) is 0 Å². The highest BCUT2D eigenvalue weighted by molar-refractivity contribution is 14.0. The molecule has 1 atom stereocenters. The number of halogens is 1. The van der Waals surface area contributed by atoms with Crippen molar-refractivity contribution in [3.63, 3.8) is 0 Å². The fourth-order valence-corrected chi connectivity index (χ4v) is 0.697. The molecule has 0 fully saturated rings. The molecule has 0 heterocycles. The van der Waals surface area contributed by atoms with Crippen LogP contribution in [0.1, 0.15) is 53.9 Å². The first-order chi connectivity index (χ1) is 4.31. The van der Waals surface area contributed by atoms with E-state index < -0.39 is 0 Å². The molecule has 0 aromatic carbocycles. The quantitative estimate of drug-likeness (QED) is 0.655. The number of rotatable bonds is 3. The van der Waals surface area contributed by atoms with E-state index in [1.54, 1.807) is 0 Å². The highest BCUT2D eigenvalue weighted by Gasteiger charge is 1.92. The number of hydrogen-bond donors (Lipinski definition) is 0. The minimum atomic E-state index is 0. The molecule has 0 unspecified atom stereocenters. The highest BCUT2D eigenvalue weighted by Crippen LogP contribution is 2.07. The van der Waals surface area contributed by atoms with Crippen molar-refractivity contribution >= 4 is 24.0 Å². The van der Waals surface area contributed by atoms with Crippen molar-refractivity contribution in [2.75, 3.05) is 0 Å². The summed E-state index contributed by atoms with van der Waals surface area (Å²) >= 11 is 0. The van der Waals surface area contributed by atoms with Gasteiger partial charge < -0.3 is 0 Å². The molecule has 0 saturated carbocycles. The van der Waals surface area contributed by atoms with Crippen LogP contribution in [0.25, 0.3) is 0 Å². The summed E-state index contributed by atoms with van der Waals surface area (Å²) in [6.45, 7) is 10.8. The van der Waals surface area contributed by atoms with E-state index in [4.69, 9.17) is 0 Å². The zero-order valence-corrected chi connectivity index (χ0v) is 10.4. The third-order valence-electron chi connectivity index (χ3n) is 1.48. The molecule has 0 aromatic heterocycles. The Balaban J connectivity index is -0.000000149. The van der Waals surface area contributed by atoms with Crippen LogP contribution in [0, 0.1) is 5.92 Å². The van der Waals surface area contributed by atoms with Gasteiger partial charge in [0, 0.05) is 0 Å². The second-order valence-electron chi connectivity index (χ2n) is 2.30. The molecule has 0 spiro atoms. The average Bonchev–Trinajstić information content (AvgIpc) is 1.93. The third-order valence-corrected chi connectivity index (χ3v) is 1.48. The summed E-state index contributed by atoms with van der Waals surface area (Å²) in [5.74, 6) is 0.949. The van der Waals surface area contributed by atoms with E-state index in [1.807, 2.05) is 13.8 Å². The van der Waals surface area contributed by atoms with E-state index in [-0.39, 0.29) is 24.0 Å². The van der Waals surface area contributed by atoms with E-state index in [0.29, 0.717) is 0 Å². The van der Waals surface area contributed by atoms with Crippen molar-refractivity contribution in [1.29, 1.82) is 0 Å². The van der Waals surface area contributed by atoms with Crippen LogP contribution < -0.4 is 0 Å². The van der Waals surface area contributed by atoms with Gasteiger partial charge in [-0.15, -0.1) is 24.0 Å². The highest BCUT2D eigenvalue weighted by atomic mass is 127. The molecule has 66 valence electrons. The lowest BCUT2D eigenvalue weighted by Gasteiger charge is -2.02. The number of hydrogen-bond acceptors (Lipinski definition) is 0. The van der Waals surface area contributed by atoms with Gasteiger partial charge in [-0.2, -0.15) is 0 Å². The molecule has 0 aromatic rings. The molecule has 0 N–H and O–H groups in total. The average molecular weight is 258 g/mol. The molecule has 0 nitrogen and oxygen atoms in total. The van der Waals surface area contributed by atoms with Crippen LogP contribution in [0.5, 0.6) is 0 Å². The molecular weight excluding hydrogens is 235 g/mol. The molecule has 0 aliphatic heterocycles. The molecule has 0 amide bonds. The second kappa shape index (κ2) is 16.4. The summed E-state index contributed by atoms with van der Waals surface area (Å²) in [5, 5.41) is 0. The Morgan fingerprint density at radius 1 is 1.10 bits per heavy atom. The van der Waals surface area contributed by atoms with Gasteiger partial charge in [0.05, 0.1) is 0 Å². The van der Waals surface area contributed by atoms with Gasteiger partial charge in [-0.25, -0.2) is 0 Å². The minimum absolute atomic E-state index is 0. The van der Waals surface area contributed by atoms with Crippen molar-refractivity contribution in [1.82, 2.24) is 0 Å². The van der Waals surface area contributed by atoms with Crippen LogP contribution in [0.15, 0.2) is 0 Å². The molecule has 10 heavy (non-hydrogen) atoms. The maximum Gasteiger partial charge on any atom is -0.0446 e. The van der Waals surface area contributed by atoms with E-state index >= 15 is 0 Å². The standard InChI is InChI=1S/C7H16.C2H6.HI/c1-4-6-7(3)5-2;1-2;/h7H,4-6H2,1-3H3;1-2H3;1H/t7-;;/m0../s1. The monoisotopic (exact) mass is 258 g/mol. The van der Waals surface area contributed by atoms with Gasteiger partial charge in [0.2, 0.25) is 0 Å². The fourth-order valence-electron chi connectivity index (χ4n) is 0.697. The van der Waals surface area contributed by atoms with Crippen molar-refractivity contribution in [3.05, 3.63) is 0 Å². The van der Waals surface area contributed by atoms with Crippen LogP contribution in [-0.2, 0) is 0 Å². The van der Waals surface area contributed by atoms with Crippen LogP contribution in [0.4, 0.5) is 0 Å². The molecular formula is C9H23I. The Kier molecular flexibility index (Phi) is 27.8. The Morgan fingerprint density at radius 3 is 1.60 bits per heavy atom. The van der Waals surface area contributed by atoms with Gasteiger partial charge in [-0.05, 0) is 5.92 Å². The second-order valence-corrected chi connectivity index (χ2v) is 2.30. The summed E-state index contributed by atoms with van der Waals surface area (Å²) in [7, 11) is 0. The van der Waals surface area contributed by atoms with Gasteiger partial charge in [0.1, 0.15) is 0 Å². The van der Waals surface area contributed by atoms with Crippen LogP contribution in [0.3, 0.4) is 0 Å². The summed E-state index contributed by atoms with van der Waals surface area (Å²) in [6, 6.07) is 0. The fraction of sp³-hybridized carbons (Fsp3) is 1.00. The first-order valence-corrected chi connectivity index (χ1v) is 4.31. The van der Waals surface area contributed by atoms with Gasteiger partial charge in [-0.3, -0.25) is 0 Å². The first kappa shape index (κ1) is 17.0. The smallest absolute Gasteiger partial charge is 0.0446 e. The first-order valence-electron chi connectivity index (χ1n) is 4.31. The predicted molar refractivity (Wildman–Crippen MR) is 61.1 cm³/mol. The van der Waals surface area contributed by atoms with Crippen molar-refractivity contribution < 1.29 is 0 Å². The zero-order valence-electron chi connectivity index (χ0n) is 8.11. The Hall–Kier alpha value is 0.730. The van der Waals surface area contributed by atoms with Gasteiger partial charge in [0.25, 0.3) is 0 Å². The summed E-state index contributed by atoms with van der Waals surface area (Å²) in [4.78, 5) is 0. The zero-order chi connectivity index (χ0) is 7.70. The van der Waals surface area contributed by atoms with Gasteiger partial charge in [-0.1, -0.05) is 53.9 Å². The normalized spacial score (nSPS) is 10.5. The predicted octanol–water partition coefficient (Wildman–Crippen LogP) is 4.48. The van der Waals surface area contributed by atoms with Crippen LogP contribution in [0.2, 0.25) is 0 Å². The third kappa shape index (κ3) is 15.9. The molecule has 0 aliphatic carbocycles. The lowest BCUT2D eigenvalue weighted by atomic mass is 10.0. The largest absolute Gasteiger partial charge is 0.107 e. The maximum absolute atomic E-state index is 2.31. The lowest BCUT2D eigenvalue weighted by molar-refractivity contribution is 0.509. The molecule has 1 heteroatoms. The SMILES string of the molecule is CC.CCC[C@@H](C)CC.I. The van der Waals surface area contributed by atoms with Crippen molar-refractivity contribution in [2.24, 2.45) is 5.92 Å². The summed E-state index contributed by atoms with van der Waals surface area (Å²) < 4.78 is 0.